The Kier molecular flexibility index (Phi) is 3.42. The van der Waals surface area contributed by atoms with Crippen molar-refractivity contribution in [2.75, 3.05) is 5.73 Å². The number of tetrazole rings is 1. The van der Waals surface area contributed by atoms with Crippen molar-refractivity contribution < 1.29 is 4.79 Å². The van der Waals surface area contributed by atoms with E-state index in [-0.39, 0.29) is 11.9 Å². The van der Waals surface area contributed by atoms with Gasteiger partial charge < -0.3 is 11.1 Å². The molecular weight excluding hydrogens is 256 g/mol. The third-order valence-corrected chi connectivity index (χ3v) is 2.70. The molecule has 4 N–H and O–H groups in total. The van der Waals surface area contributed by atoms with Crippen LogP contribution in [0.1, 0.15) is 29.1 Å². The summed E-state index contributed by atoms with van der Waals surface area (Å²) in [6.07, 6.45) is 0. The van der Waals surface area contributed by atoms with Crippen LogP contribution in [-0.4, -0.2) is 26.5 Å². The van der Waals surface area contributed by atoms with E-state index in [9.17, 15) is 4.79 Å². The van der Waals surface area contributed by atoms with Gasteiger partial charge in [-0.1, -0.05) is 16.8 Å². The summed E-state index contributed by atoms with van der Waals surface area (Å²) in [5, 5.41) is 16.5. The van der Waals surface area contributed by atoms with Crippen LogP contribution in [0, 0.1) is 0 Å². The summed E-state index contributed by atoms with van der Waals surface area (Å²) in [6.45, 7) is 1.75. The quantitative estimate of drug-likeness (QED) is 0.716. The minimum atomic E-state index is -0.354. The molecule has 0 radical (unpaired) electrons. The van der Waals surface area contributed by atoms with Crippen LogP contribution in [0.5, 0.6) is 0 Å². The summed E-state index contributed by atoms with van der Waals surface area (Å²) in [5.74, 6) is 0.126. The van der Waals surface area contributed by atoms with E-state index in [0.717, 1.165) is 0 Å². The average molecular weight is 267 g/mol. The minimum Gasteiger partial charge on any atom is -0.398 e. The molecule has 0 saturated carbocycles. The molecule has 1 atom stereocenters. The number of aromatic amines is 1. The first-order valence-corrected chi connectivity index (χ1v) is 5.55. The second kappa shape index (κ2) is 5.01. The molecule has 7 nitrogen and oxygen atoms in total. The maximum Gasteiger partial charge on any atom is 0.251 e. The predicted molar refractivity (Wildman–Crippen MR) is 65.9 cm³/mol. The van der Waals surface area contributed by atoms with E-state index < -0.39 is 0 Å². The van der Waals surface area contributed by atoms with E-state index in [0.29, 0.717) is 22.1 Å². The second-order valence-corrected chi connectivity index (χ2v) is 4.11. The largest absolute Gasteiger partial charge is 0.398 e. The molecule has 8 heteroatoms. The third kappa shape index (κ3) is 2.57. The standard InChI is InChI=1S/C10H11ClN6O/c1-5(9-14-16-17-15-9)13-10(18)6-2-3-7(11)8(12)4-6/h2-5H,12H2,1H3,(H,13,18)(H,14,15,16,17). The highest BCUT2D eigenvalue weighted by molar-refractivity contribution is 6.33. The van der Waals surface area contributed by atoms with E-state index in [1.807, 2.05) is 0 Å². The normalized spacial score (nSPS) is 12.1. The fourth-order valence-electron chi connectivity index (χ4n) is 1.38. The first kappa shape index (κ1) is 12.3. The van der Waals surface area contributed by atoms with Crippen molar-refractivity contribution in [1.82, 2.24) is 25.9 Å². The zero-order valence-corrected chi connectivity index (χ0v) is 10.3. The Morgan fingerprint density at radius 1 is 1.56 bits per heavy atom. The topological polar surface area (TPSA) is 110 Å². The number of amides is 1. The summed E-state index contributed by atoms with van der Waals surface area (Å²) in [6, 6.07) is 4.33. The Morgan fingerprint density at radius 2 is 2.33 bits per heavy atom. The fraction of sp³-hybridized carbons (Fsp3) is 0.200. The van der Waals surface area contributed by atoms with E-state index in [1.54, 1.807) is 19.1 Å². The van der Waals surface area contributed by atoms with Crippen LogP contribution in [0.15, 0.2) is 18.2 Å². The number of nitrogens with zero attached hydrogens (tertiary/aromatic N) is 3. The van der Waals surface area contributed by atoms with Crippen molar-refractivity contribution in [2.45, 2.75) is 13.0 Å². The molecule has 0 saturated heterocycles. The molecule has 0 aliphatic heterocycles. The molecule has 0 bridgehead atoms. The van der Waals surface area contributed by atoms with Gasteiger partial charge in [0, 0.05) is 5.56 Å². The molecular formula is C10H11ClN6O. The molecule has 0 spiro atoms. The molecule has 2 rings (SSSR count). The van der Waals surface area contributed by atoms with E-state index in [2.05, 4.69) is 25.9 Å². The summed E-state index contributed by atoms with van der Waals surface area (Å²) in [4.78, 5) is 11.9. The van der Waals surface area contributed by atoms with E-state index in [1.165, 1.54) is 6.07 Å². The highest BCUT2D eigenvalue weighted by Crippen LogP contribution is 2.19. The number of nitrogens with one attached hydrogen (secondary N) is 2. The fourth-order valence-corrected chi connectivity index (χ4v) is 1.50. The van der Waals surface area contributed by atoms with Crippen LogP contribution in [-0.2, 0) is 0 Å². The summed E-state index contributed by atoms with van der Waals surface area (Å²) < 4.78 is 0. The van der Waals surface area contributed by atoms with Gasteiger partial charge in [-0.2, -0.15) is 5.21 Å². The number of hydrogen-bond donors (Lipinski definition) is 3. The third-order valence-electron chi connectivity index (χ3n) is 2.35. The summed E-state index contributed by atoms with van der Waals surface area (Å²) >= 11 is 5.78. The number of nitrogen functional groups attached to an aromatic ring is 1. The number of aromatic nitrogens is 4. The zero-order chi connectivity index (χ0) is 13.1. The van der Waals surface area contributed by atoms with Gasteiger partial charge >= 0.3 is 0 Å². The van der Waals surface area contributed by atoms with Gasteiger partial charge in [0.25, 0.3) is 5.91 Å². The molecule has 18 heavy (non-hydrogen) atoms. The molecule has 1 amide bonds. The van der Waals surface area contributed by atoms with Gasteiger partial charge in [0.1, 0.15) is 0 Å². The van der Waals surface area contributed by atoms with Gasteiger partial charge in [0.2, 0.25) is 0 Å². The Morgan fingerprint density at radius 3 is 2.94 bits per heavy atom. The van der Waals surface area contributed by atoms with Crippen molar-refractivity contribution in [3.63, 3.8) is 0 Å². The monoisotopic (exact) mass is 266 g/mol. The molecule has 94 valence electrons. The van der Waals surface area contributed by atoms with Crippen molar-refractivity contribution in [1.29, 1.82) is 0 Å². The van der Waals surface area contributed by atoms with Crippen LogP contribution in [0.4, 0.5) is 5.69 Å². The Balaban J connectivity index is 2.10. The van der Waals surface area contributed by atoms with E-state index in [4.69, 9.17) is 17.3 Å². The highest BCUT2D eigenvalue weighted by atomic mass is 35.5. The number of carbonyl (C=O) groups excluding carboxylic acids is 1. The number of H-pyrrole nitrogens is 1. The molecule has 0 aliphatic carbocycles. The lowest BCUT2D eigenvalue weighted by molar-refractivity contribution is 0.0938. The number of nitrogens with two attached hydrogens (primary N) is 1. The molecule has 1 aromatic heterocycles. The molecule has 1 heterocycles. The summed E-state index contributed by atoms with van der Waals surface area (Å²) in [7, 11) is 0. The lowest BCUT2D eigenvalue weighted by Gasteiger charge is -2.10. The average Bonchev–Trinajstić information content (AvgIpc) is 2.86. The maximum absolute atomic E-state index is 11.9. The summed E-state index contributed by atoms with van der Waals surface area (Å²) in [5.41, 5.74) is 6.41. The van der Waals surface area contributed by atoms with Crippen LogP contribution in [0.2, 0.25) is 5.02 Å². The number of halogens is 1. The van der Waals surface area contributed by atoms with Gasteiger partial charge in [0.15, 0.2) is 5.82 Å². The number of rotatable bonds is 3. The van der Waals surface area contributed by atoms with Crippen LogP contribution in [0.3, 0.4) is 0 Å². The molecule has 0 aliphatic rings. The van der Waals surface area contributed by atoms with Crippen molar-refractivity contribution in [2.24, 2.45) is 0 Å². The minimum absolute atomic E-state index is 0.282. The second-order valence-electron chi connectivity index (χ2n) is 3.70. The van der Waals surface area contributed by atoms with Crippen molar-refractivity contribution in [3.8, 4) is 0 Å². The lowest BCUT2D eigenvalue weighted by atomic mass is 10.1. The first-order valence-electron chi connectivity index (χ1n) is 5.17. The SMILES string of the molecule is CC(NC(=O)c1ccc(Cl)c(N)c1)c1nn[nH]n1. The van der Waals surface area contributed by atoms with Crippen molar-refractivity contribution >= 4 is 23.2 Å². The highest BCUT2D eigenvalue weighted by Gasteiger charge is 2.15. The number of benzene rings is 1. The van der Waals surface area contributed by atoms with Crippen LogP contribution in [0.25, 0.3) is 0 Å². The molecule has 0 fully saturated rings. The van der Waals surface area contributed by atoms with Gasteiger partial charge in [-0.05, 0) is 25.1 Å². The predicted octanol–water partition coefficient (Wildman–Crippen LogP) is 0.926. The van der Waals surface area contributed by atoms with Gasteiger partial charge in [-0.25, -0.2) is 0 Å². The Hall–Kier alpha value is -2.15. The Labute approximate surface area is 108 Å². The lowest BCUT2D eigenvalue weighted by Crippen LogP contribution is -2.27. The zero-order valence-electron chi connectivity index (χ0n) is 9.51. The smallest absolute Gasteiger partial charge is 0.251 e. The van der Waals surface area contributed by atoms with Crippen LogP contribution < -0.4 is 11.1 Å². The van der Waals surface area contributed by atoms with Gasteiger partial charge in [-0.15, -0.1) is 10.2 Å². The number of carbonyl (C=O) groups is 1. The van der Waals surface area contributed by atoms with E-state index >= 15 is 0 Å². The Bertz CT molecular complexity index is 556. The van der Waals surface area contributed by atoms with Crippen LogP contribution >= 0.6 is 11.6 Å². The number of hydrogen-bond acceptors (Lipinski definition) is 5. The van der Waals surface area contributed by atoms with Gasteiger partial charge in [0.05, 0.1) is 16.8 Å². The maximum atomic E-state index is 11.9. The first-order chi connectivity index (χ1) is 8.58. The molecule has 1 aromatic carbocycles. The van der Waals surface area contributed by atoms with Gasteiger partial charge in [-0.3, -0.25) is 4.79 Å². The molecule has 2 aromatic rings. The number of anilines is 1. The van der Waals surface area contributed by atoms with Crippen molar-refractivity contribution in [3.05, 3.63) is 34.6 Å². The molecule has 1 unspecified atom stereocenters.